The Morgan fingerprint density at radius 2 is 2.10 bits per heavy atom. The summed E-state index contributed by atoms with van der Waals surface area (Å²) < 4.78 is 4.69. The van der Waals surface area contributed by atoms with Crippen molar-refractivity contribution >= 4 is 39.8 Å². The van der Waals surface area contributed by atoms with Gasteiger partial charge in [-0.15, -0.1) is 11.3 Å². The van der Waals surface area contributed by atoms with Crippen molar-refractivity contribution in [3.63, 3.8) is 0 Å². The Balaban J connectivity index is 1.92. The van der Waals surface area contributed by atoms with Gasteiger partial charge in [-0.1, -0.05) is 12.1 Å². The zero-order valence-corrected chi connectivity index (χ0v) is 12.0. The number of esters is 1. The molecule has 1 aromatic carbocycles. The van der Waals surface area contributed by atoms with E-state index in [1.165, 1.54) is 18.4 Å². The summed E-state index contributed by atoms with van der Waals surface area (Å²) in [7, 11) is 1.31. The standard InChI is InChI=1S/C15H12N2O3S/c1-20-15(19)13-11(6-8-21-13)17-14(18)10-4-2-3-9-5-7-16-12(9)10/h2-8,16H,1H3,(H,17,18). The first-order valence-corrected chi connectivity index (χ1v) is 7.12. The number of hydrogen-bond donors (Lipinski definition) is 2. The molecule has 0 bridgehead atoms. The van der Waals surface area contributed by atoms with Crippen LogP contribution in [0.5, 0.6) is 0 Å². The highest BCUT2D eigenvalue weighted by molar-refractivity contribution is 7.12. The Kier molecular flexibility index (Phi) is 3.45. The van der Waals surface area contributed by atoms with Crippen LogP contribution >= 0.6 is 11.3 Å². The summed E-state index contributed by atoms with van der Waals surface area (Å²) in [6.45, 7) is 0. The van der Waals surface area contributed by atoms with E-state index in [-0.39, 0.29) is 5.91 Å². The highest BCUT2D eigenvalue weighted by Crippen LogP contribution is 2.25. The van der Waals surface area contributed by atoms with E-state index in [0.717, 1.165) is 10.9 Å². The van der Waals surface area contributed by atoms with Crippen LogP contribution in [0.3, 0.4) is 0 Å². The van der Waals surface area contributed by atoms with E-state index in [4.69, 9.17) is 4.74 Å². The molecule has 0 atom stereocenters. The number of benzene rings is 1. The molecule has 0 unspecified atom stereocenters. The van der Waals surface area contributed by atoms with Crippen molar-refractivity contribution in [3.8, 4) is 0 Å². The smallest absolute Gasteiger partial charge is 0.350 e. The number of fused-ring (bicyclic) bond motifs is 1. The molecule has 106 valence electrons. The Hall–Kier alpha value is -2.60. The van der Waals surface area contributed by atoms with Gasteiger partial charge >= 0.3 is 5.97 Å². The molecule has 0 aliphatic carbocycles. The molecule has 0 saturated carbocycles. The van der Waals surface area contributed by atoms with Crippen LogP contribution in [-0.2, 0) is 4.74 Å². The number of amides is 1. The average Bonchev–Trinajstić information content (AvgIpc) is 3.14. The number of carbonyl (C=O) groups excluding carboxylic acids is 2. The van der Waals surface area contributed by atoms with Crippen molar-refractivity contribution < 1.29 is 14.3 Å². The van der Waals surface area contributed by atoms with Gasteiger partial charge in [0.05, 0.1) is 23.9 Å². The number of hydrogen-bond acceptors (Lipinski definition) is 4. The molecule has 1 amide bonds. The van der Waals surface area contributed by atoms with Gasteiger partial charge in [-0.3, -0.25) is 4.79 Å². The number of H-pyrrole nitrogens is 1. The fourth-order valence-corrected chi connectivity index (χ4v) is 2.89. The lowest BCUT2D eigenvalue weighted by Gasteiger charge is -2.06. The molecular formula is C15H12N2O3S. The molecule has 0 fully saturated rings. The van der Waals surface area contributed by atoms with E-state index in [2.05, 4.69) is 10.3 Å². The second kappa shape index (κ2) is 5.41. The molecule has 2 heterocycles. The lowest BCUT2D eigenvalue weighted by atomic mass is 10.1. The molecule has 3 rings (SSSR count). The van der Waals surface area contributed by atoms with Crippen LogP contribution in [0.1, 0.15) is 20.0 Å². The predicted octanol–water partition coefficient (Wildman–Crippen LogP) is 3.27. The van der Waals surface area contributed by atoms with Crippen LogP contribution in [0.4, 0.5) is 5.69 Å². The fraction of sp³-hybridized carbons (Fsp3) is 0.0667. The van der Waals surface area contributed by atoms with E-state index < -0.39 is 5.97 Å². The summed E-state index contributed by atoms with van der Waals surface area (Å²) in [6, 6.07) is 9.06. The van der Waals surface area contributed by atoms with Gasteiger partial charge in [-0.05, 0) is 23.6 Å². The number of para-hydroxylation sites is 1. The molecular weight excluding hydrogens is 288 g/mol. The van der Waals surface area contributed by atoms with E-state index in [1.807, 2.05) is 18.2 Å². The van der Waals surface area contributed by atoms with Gasteiger partial charge in [0.15, 0.2) is 0 Å². The van der Waals surface area contributed by atoms with Crippen molar-refractivity contribution in [2.45, 2.75) is 0 Å². The molecule has 0 aliphatic rings. The van der Waals surface area contributed by atoms with E-state index in [1.54, 1.807) is 23.7 Å². The molecule has 0 aliphatic heterocycles. The summed E-state index contributed by atoms with van der Waals surface area (Å²) in [5.74, 6) is -0.731. The lowest BCUT2D eigenvalue weighted by Crippen LogP contribution is -2.14. The first-order valence-electron chi connectivity index (χ1n) is 6.24. The number of aromatic amines is 1. The molecule has 3 aromatic rings. The maximum Gasteiger partial charge on any atom is 0.350 e. The maximum absolute atomic E-state index is 12.4. The van der Waals surface area contributed by atoms with Crippen LogP contribution in [0.2, 0.25) is 0 Å². The molecule has 21 heavy (non-hydrogen) atoms. The third-order valence-electron chi connectivity index (χ3n) is 3.12. The first kappa shape index (κ1) is 13.4. The number of nitrogens with one attached hydrogen (secondary N) is 2. The van der Waals surface area contributed by atoms with Gasteiger partial charge in [0, 0.05) is 11.6 Å². The molecule has 0 radical (unpaired) electrons. The highest BCUT2D eigenvalue weighted by Gasteiger charge is 2.17. The van der Waals surface area contributed by atoms with E-state index in [9.17, 15) is 9.59 Å². The normalized spacial score (nSPS) is 10.5. The second-order valence-corrected chi connectivity index (χ2v) is 5.27. The van der Waals surface area contributed by atoms with Crippen LogP contribution in [-0.4, -0.2) is 24.0 Å². The third-order valence-corrected chi connectivity index (χ3v) is 4.01. The quantitative estimate of drug-likeness (QED) is 0.729. The molecule has 5 nitrogen and oxygen atoms in total. The van der Waals surface area contributed by atoms with Gasteiger partial charge in [0.25, 0.3) is 5.91 Å². The highest BCUT2D eigenvalue weighted by atomic mass is 32.1. The number of methoxy groups -OCH3 is 1. The van der Waals surface area contributed by atoms with Crippen molar-refractivity contribution in [3.05, 3.63) is 52.3 Å². The Bertz CT molecular complexity index is 819. The summed E-state index contributed by atoms with van der Waals surface area (Å²) in [5, 5.41) is 5.45. The van der Waals surface area contributed by atoms with Crippen molar-refractivity contribution in [2.24, 2.45) is 0 Å². The molecule has 0 spiro atoms. The van der Waals surface area contributed by atoms with Gasteiger partial charge in [-0.2, -0.15) is 0 Å². The van der Waals surface area contributed by atoms with Crippen LogP contribution < -0.4 is 5.32 Å². The topological polar surface area (TPSA) is 71.2 Å². The fourth-order valence-electron chi connectivity index (χ4n) is 2.12. The van der Waals surface area contributed by atoms with E-state index >= 15 is 0 Å². The number of ether oxygens (including phenoxy) is 1. The number of thiophene rings is 1. The summed E-state index contributed by atoms with van der Waals surface area (Å²) in [4.78, 5) is 27.5. The first-order chi connectivity index (χ1) is 10.2. The molecule has 0 saturated heterocycles. The average molecular weight is 300 g/mol. The van der Waals surface area contributed by atoms with Crippen molar-refractivity contribution in [1.82, 2.24) is 4.98 Å². The zero-order chi connectivity index (χ0) is 14.8. The van der Waals surface area contributed by atoms with Crippen LogP contribution in [0.25, 0.3) is 10.9 Å². The molecule has 2 N–H and O–H groups in total. The Morgan fingerprint density at radius 3 is 2.90 bits per heavy atom. The predicted molar refractivity (Wildman–Crippen MR) is 81.9 cm³/mol. The Morgan fingerprint density at radius 1 is 1.24 bits per heavy atom. The second-order valence-electron chi connectivity index (χ2n) is 4.36. The maximum atomic E-state index is 12.4. The van der Waals surface area contributed by atoms with Gasteiger partial charge in [0.2, 0.25) is 0 Å². The van der Waals surface area contributed by atoms with Gasteiger partial charge in [0.1, 0.15) is 4.88 Å². The van der Waals surface area contributed by atoms with Crippen LogP contribution in [0.15, 0.2) is 41.9 Å². The summed E-state index contributed by atoms with van der Waals surface area (Å²) >= 11 is 1.23. The number of aromatic nitrogens is 1. The molecule has 6 heteroatoms. The third kappa shape index (κ3) is 2.41. The van der Waals surface area contributed by atoms with E-state index in [0.29, 0.717) is 16.1 Å². The zero-order valence-electron chi connectivity index (χ0n) is 11.2. The minimum atomic E-state index is -0.460. The number of anilines is 1. The van der Waals surface area contributed by atoms with Gasteiger partial charge < -0.3 is 15.0 Å². The molecule has 2 aromatic heterocycles. The van der Waals surface area contributed by atoms with Crippen molar-refractivity contribution in [1.29, 1.82) is 0 Å². The summed E-state index contributed by atoms with van der Waals surface area (Å²) in [6.07, 6.45) is 1.78. The minimum absolute atomic E-state index is 0.272. The lowest BCUT2D eigenvalue weighted by molar-refractivity contribution is 0.0607. The monoisotopic (exact) mass is 300 g/mol. The minimum Gasteiger partial charge on any atom is -0.465 e. The van der Waals surface area contributed by atoms with Crippen molar-refractivity contribution in [2.75, 3.05) is 12.4 Å². The van der Waals surface area contributed by atoms with Gasteiger partial charge in [-0.25, -0.2) is 4.79 Å². The number of carbonyl (C=O) groups is 2. The SMILES string of the molecule is COC(=O)c1sccc1NC(=O)c1cccc2cc[nH]c12. The van der Waals surface area contributed by atoms with Crippen LogP contribution in [0, 0.1) is 0 Å². The largest absolute Gasteiger partial charge is 0.465 e. The summed E-state index contributed by atoms with van der Waals surface area (Å²) in [5.41, 5.74) is 1.75. The Labute approximate surface area is 124 Å². The number of rotatable bonds is 3.